The summed E-state index contributed by atoms with van der Waals surface area (Å²) in [5.74, 6) is 0.588. The molecule has 18 heteroatoms. The Morgan fingerprint density at radius 1 is 0.815 bits per heavy atom. The fourth-order valence-corrected chi connectivity index (χ4v) is 8.87. The molecular weight excluding hydrogens is 849 g/mol. The van der Waals surface area contributed by atoms with Crippen molar-refractivity contribution in [1.82, 2.24) is 30.1 Å². The maximum Gasteiger partial charge on any atom is 0.267 e. The molecule has 65 heavy (non-hydrogen) atoms. The molecule has 3 aliphatic rings. The third-order valence-corrected chi connectivity index (χ3v) is 12.4. The van der Waals surface area contributed by atoms with Gasteiger partial charge in [0.05, 0.1) is 23.0 Å². The molecule has 17 nitrogen and oxygen atoms in total. The number of aryl methyl sites for hydroxylation is 2. The normalized spacial score (nSPS) is 16.3. The number of rotatable bonds is 17. The molecule has 0 aliphatic carbocycles. The Hall–Kier alpha value is -7.05. The quantitative estimate of drug-likeness (QED) is 0.0558. The first-order valence-corrected chi connectivity index (χ1v) is 22.7. The third-order valence-electron chi connectivity index (χ3n) is 11.5. The van der Waals surface area contributed by atoms with Gasteiger partial charge in [-0.15, -0.1) is 0 Å². The SMILES string of the molecule is Cc1nc(Nc2ncc(C(=O)Nc3ccc(Oc4ccccc4)cc3C)s2)cc(N2CCN(CCCCCCCC(=O)Nc3cccc4c3C(=O)N(C3CCC(=O)NC3=O)C4=O)CC2)n1. The lowest BCUT2D eigenvalue weighted by atomic mass is 10.0. The molecule has 1 atom stereocenters. The van der Waals surface area contributed by atoms with E-state index in [9.17, 15) is 28.8 Å². The van der Waals surface area contributed by atoms with Gasteiger partial charge in [-0.1, -0.05) is 54.9 Å². The Bertz CT molecular complexity index is 2610. The summed E-state index contributed by atoms with van der Waals surface area (Å²) in [6.07, 6.45) is 6.56. The number of anilines is 5. The van der Waals surface area contributed by atoms with Crippen LogP contribution in [0.4, 0.5) is 28.1 Å². The topological polar surface area (TPSA) is 208 Å². The number of piperazine rings is 1. The van der Waals surface area contributed by atoms with E-state index in [1.54, 1.807) is 18.3 Å². The summed E-state index contributed by atoms with van der Waals surface area (Å²) in [6.45, 7) is 8.22. The van der Waals surface area contributed by atoms with E-state index in [0.717, 1.165) is 80.4 Å². The number of fused-ring (bicyclic) bond motifs is 1. The van der Waals surface area contributed by atoms with Crippen molar-refractivity contribution in [1.29, 1.82) is 0 Å². The fourth-order valence-electron chi connectivity index (χ4n) is 8.16. The van der Waals surface area contributed by atoms with E-state index in [-0.39, 0.29) is 47.9 Å². The zero-order valence-electron chi connectivity index (χ0n) is 36.2. The highest BCUT2D eigenvalue weighted by atomic mass is 32.1. The number of thiazole rings is 1. The van der Waals surface area contributed by atoms with Gasteiger partial charge in [-0.3, -0.25) is 43.9 Å². The highest BCUT2D eigenvalue weighted by Crippen LogP contribution is 2.33. The molecular formula is C47H50N10O7S. The van der Waals surface area contributed by atoms with Crippen LogP contribution >= 0.6 is 11.3 Å². The van der Waals surface area contributed by atoms with Gasteiger partial charge in [0.2, 0.25) is 17.7 Å². The number of imide groups is 2. The predicted molar refractivity (Wildman–Crippen MR) is 246 cm³/mol. The molecule has 0 bridgehead atoms. The molecule has 4 N–H and O–H groups in total. The lowest BCUT2D eigenvalue weighted by Gasteiger charge is -2.35. The molecule has 0 spiro atoms. The lowest BCUT2D eigenvalue weighted by Crippen LogP contribution is -2.54. The number of carbonyl (C=O) groups is 6. The molecule has 3 aliphatic heterocycles. The number of para-hydroxylation sites is 1. The Morgan fingerprint density at radius 3 is 2.38 bits per heavy atom. The summed E-state index contributed by atoms with van der Waals surface area (Å²) in [5.41, 5.74) is 1.99. The standard InChI is InChI=1S/C47H50N10O7S/c1-29-26-32(64-31-12-7-6-8-13-31)17-18-34(29)52-44(61)37-28-48-47(65-37)53-38-27-39(50-30(2)49-38)56-24-22-55(23-25-56)21-10-5-3-4-9-16-40(58)51-35-15-11-14-33-42(35)46(63)57(45(33)62)36-19-20-41(59)54-43(36)60/h6-8,11-15,17-18,26-28,36H,3-5,9-10,16,19-25H2,1-2H3,(H,51,58)(H,52,61)(H,54,59,60)(H,48,49,50,53). The van der Waals surface area contributed by atoms with E-state index in [1.165, 1.54) is 17.4 Å². The number of benzene rings is 3. The van der Waals surface area contributed by atoms with E-state index >= 15 is 0 Å². The van der Waals surface area contributed by atoms with Crippen molar-refractivity contribution < 1.29 is 33.5 Å². The third kappa shape index (κ3) is 10.8. The molecule has 3 aromatic carbocycles. The minimum absolute atomic E-state index is 0.0315. The minimum Gasteiger partial charge on any atom is -0.457 e. The fraction of sp³-hybridized carbons (Fsp3) is 0.340. The maximum absolute atomic E-state index is 13.3. The van der Waals surface area contributed by atoms with Crippen LogP contribution in [0.5, 0.6) is 11.5 Å². The molecule has 1 unspecified atom stereocenters. The number of nitrogens with zero attached hydrogens (tertiary/aromatic N) is 6. The first kappa shape index (κ1) is 44.6. The van der Waals surface area contributed by atoms with E-state index in [0.29, 0.717) is 39.5 Å². The van der Waals surface area contributed by atoms with Gasteiger partial charge in [0.15, 0.2) is 5.13 Å². The second-order valence-corrected chi connectivity index (χ2v) is 17.3. The number of ether oxygens (including phenoxy) is 1. The number of piperidine rings is 1. The molecule has 2 saturated heterocycles. The second kappa shape index (κ2) is 20.2. The smallest absolute Gasteiger partial charge is 0.267 e. The first-order valence-electron chi connectivity index (χ1n) is 21.8. The average Bonchev–Trinajstić information content (AvgIpc) is 3.86. The van der Waals surface area contributed by atoms with E-state index < -0.39 is 29.7 Å². The van der Waals surface area contributed by atoms with Crippen LogP contribution in [-0.4, -0.2) is 99.0 Å². The van der Waals surface area contributed by atoms with Crippen LogP contribution in [0.2, 0.25) is 0 Å². The van der Waals surface area contributed by atoms with Gasteiger partial charge >= 0.3 is 0 Å². The van der Waals surface area contributed by atoms with Gasteiger partial charge in [0.25, 0.3) is 17.7 Å². The van der Waals surface area contributed by atoms with Crippen molar-refractivity contribution in [3.05, 3.63) is 106 Å². The number of hydrogen-bond acceptors (Lipinski definition) is 14. The predicted octanol–water partition coefficient (Wildman–Crippen LogP) is 6.84. The Morgan fingerprint density at radius 2 is 1.60 bits per heavy atom. The van der Waals surface area contributed by atoms with Gasteiger partial charge in [-0.2, -0.15) is 0 Å². The second-order valence-electron chi connectivity index (χ2n) is 16.2. The molecule has 0 radical (unpaired) electrons. The van der Waals surface area contributed by atoms with Crippen LogP contribution in [0.1, 0.15) is 93.1 Å². The molecule has 2 aromatic heterocycles. The van der Waals surface area contributed by atoms with Crippen LogP contribution in [0.3, 0.4) is 0 Å². The number of amides is 6. The molecule has 8 rings (SSSR count). The monoisotopic (exact) mass is 898 g/mol. The summed E-state index contributed by atoms with van der Waals surface area (Å²) in [6, 6.07) is 20.6. The average molecular weight is 899 g/mol. The number of hydrogen-bond donors (Lipinski definition) is 4. The zero-order valence-corrected chi connectivity index (χ0v) is 37.0. The summed E-state index contributed by atoms with van der Waals surface area (Å²) < 4.78 is 5.92. The van der Waals surface area contributed by atoms with Crippen LogP contribution in [0.15, 0.2) is 79.0 Å². The molecule has 6 amide bonds. The summed E-state index contributed by atoms with van der Waals surface area (Å²) in [7, 11) is 0. The van der Waals surface area contributed by atoms with Crippen molar-refractivity contribution >= 4 is 74.9 Å². The van der Waals surface area contributed by atoms with Gasteiger partial charge < -0.3 is 25.6 Å². The summed E-state index contributed by atoms with van der Waals surface area (Å²) in [4.78, 5) is 96.3. The summed E-state index contributed by atoms with van der Waals surface area (Å²) in [5, 5.41) is 11.8. The number of aromatic nitrogens is 3. The minimum atomic E-state index is -1.07. The van der Waals surface area contributed by atoms with Crippen molar-refractivity contribution in [2.24, 2.45) is 0 Å². The lowest BCUT2D eigenvalue weighted by molar-refractivity contribution is -0.136. The van der Waals surface area contributed by atoms with Crippen LogP contribution < -0.4 is 30.9 Å². The Kier molecular flexibility index (Phi) is 13.8. The van der Waals surface area contributed by atoms with Crippen LogP contribution in [0.25, 0.3) is 0 Å². The highest BCUT2D eigenvalue weighted by Gasteiger charge is 2.45. The number of unbranched alkanes of at least 4 members (excludes halogenated alkanes) is 4. The first-order chi connectivity index (χ1) is 31.5. The van der Waals surface area contributed by atoms with Gasteiger partial charge in [-0.05, 0) is 87.7 Å². The molecule has 2 fully saturated rings. The van der Waals surface area contributed by atoms with Crippen molar-refractivity contribution in [2.45, 2.75) is 71.3 Å². The van der Waals surface area contributed by atoms with E-state index in [2.05, 4.69) is 41.0 Å². The van der Waals surface area contributed by atoms with Crippen molar-refractivity contribution in [2.75, 3.05) is 53.6 Å². The number of nitrogens with one attached hydrogen (secondary N) is 4. The van der Waals surface area contributed by atoms with Gasteiger partial charge in [0.1, 0.15) is 39.9 Å². The largest absolute Gasteiger partial charge is 0.457 e. The highest BCUT2D eigenvalue weighted by molar-refractivity contribution is 7.17. The molecule has 336 valence electrons. The van der Waals surface area contributed by atoms with E-state index in [1.807, 2.05) is 68.4 Å². The van der Waals surface area contributed by atoms with Gasteiger partial charge in [0, 0.05) is 50.8 Å². The van der Waals surface area contributed by atoms with Crippen molar-refractivity contribution in [3.8, 4) is 11.5 Å². The summed E-state index contributed by atoms with van der Waals surface area (Å²) >= 11 is 1.24. The van der Waals surface area contributed by atoms with E-state index in [4.69, 9.17) is 9.72 Å². The Labute approximate surface area is 380 Å². The molecule has 5 heterocycles. The maximum atomic E-state index is 13.3. The molecule has 5 aromatic rings. The zero-order chi connectivity index (χ0) is 45.5. The van der Waals surface area contributed by atoms with Crippen LogP contribution in [-0.2, 0) is 14.4 Å². The number of carbonyl (C=O) groups excluding carboxylic acids is 6. The molecule has 0 saturated carbocycles. The van der Waals surface area contributed by atoms with Crippen molar-refractivity contribution in [3.63, 3.8) is 0 Å². The van der Waals surface area contributed by atoms with Crippen LogP contribution in [0, 0.1) is 13.8 Å². The Balaban J connectivity index is 0.728. The van der Waals surface area contributed by atoms with Gasteiger partial charge in [-0.25, -0.2) is 15.0 Å².